The van der Waals surface area contributed by atoms with E-state index in [1.807, 2.05) is 18.2 Å². The summed E-state index contributed by atoms with van der Waals surface area (Å²) in [5.74, 6) is 0.300. The standard InChI is InChI=1S/C14H14N4O/c15-13-12(16-6-7-17-13)14(19)18-11-8-10(11)9-4-2-1-3-5-9/h1-7,10-11H,8H2,(H2,15,17)(H,18,19)/t10-,11+/m1/s1. The topological polar surface area (TPSA) is 80.9 Å². The second-order valence-corrected chi connectivity index (χ2v) is 4.62. The van der Waals surface area contributed by atoms with Crippen molar-refractivity contribution in [2.75, 3.05) is 5.73 Å². The van der Waals surface area contributed by atoms with Gasteiger partial charge in [0, 0.05) is 24.4 Å². The highest BCUT2D eigenvalue weighted by Crippen LogP contribution is 2.40. The zero-order valence-electron chi connectivity index (χ0n) is 10.3. The molecule has 1 aliphatic rings. The largest absolute Gasteiger partial charge is 0.382 e. The number of rotatable bonds is 3. The number of aromatic nitrogens is 2. The summed E-state index contributed by atoms with van der Waals surface area (Å²) in [6.07, 6.45) is 3.89. The Labute approximate surface area is 110 Å². The average molecular weight is 254 g/mol. The van der Waals surface area contributed by atoms with Crippen LogP contribution in [0.4, 0.5) is 5.82 Å². The third-order valence-corrected chi connectivity index (χ3v) is 3.28. The molecule has 5 nitrogen and oxygen atoms in total. The lowest BCUT2D eigenvalue weighted by molar-refractivity contribution is 0.0946. The lowest BCUT2D eigenvalue weighted by atomic mass is 10.1. The van der Waals surface area contributed by atoms with Gasteiger partial charge in [-0.1, -0.05) is 30.3 Å². The highest BCUT2D eigenvalue weighted by Gasteiger charge is 2.39. The average Bonchev–Trinajstić information content (AvgIpc) is 3.19. The molecule has 0 saturated heterocycles. The van der Waals surface area contributed by atoms with Crippen LogP contribution < -0.4 is 11.1 Å². The molecular formula is C14H14N4O. The van der Waals surface area contributed by atoms with Gasteiger partial charge in [-0.25, -0.2) is 9.97 Å². The maximum absolute atomic E-state index is 12.0. The normalized spacial score (nSPS) is 20.8. The van der Waals surface area contributed by atoms with Crippen LogP contribution in [0.1, 0.15) is 28.4 Å². The van der Waals surface area contributed by atoms with E-state index in [1.54, 1.807) is 0 Å². The van der Waals surface area contributed by atoms with Crippen molar-refractivity contribution in [3.8, 4) is 0 Å². The fourth-order valence-corrected chi connectivity index (χ4v) is 2.18. The lowest BCUT2D eigenvalue weighted by Gasteiger charge is -2.05. The molecule has 19 heavy (non-hydrogen) atoms. The maximum atomic E-state index is 12.0. The minimum Gasteiger partial charge on any atom is -0.382 e. The molecule has 0 radical (unpaired) electrons. The molecule has 1 amide bonds. The van der Waals surface area contributed by atoms with Crippen LogP contribution in [-0.2, 0) is 0 Å². The van der Waals surface area contributed by atoms with Gasteiger partial charge in [-0.05, 0) is 12.0 Å². The van der Waals surface area contributed by atoms with E-state index in [9.17, 15) is 4.79 Å². The van der Waals surface area contributed by atoms with Gasteiger partial charge < -0.3 is 11.1 Å². The maximum Gasteiger partial charge on any atom is 0.273 e. The fourth-order valence-electron chi connectivity index (χ4n) is 2.18. The summed E-state index contributed by atoms with van der Waals surface area (Å²) in [5, 5.41) is 2.94. The Morgan fingerprint density at radius 3 is 2.68 bits per heavy atom. The van der Waals surface area contributed by atoms with Gasteiger partial charge in [-0.2, -0.15) is 0 Å². The zero-order valence-corrected chi connectivity index (χ0v) is 10.3. The fraction of sp³-hybridized carbons (Fsp3) is 0.214. The second kappa shape index (κ2) is 4.68. The van der Waals surface area contributed by atoms with Gasteiger partial charge in [-0.3, -0.25) is 4.79 Å². The predicted octanol–water partition coefficient (Wildman–Crippen LogP) is 1.34. The number of amides is 1. The van der Waals surface area contributed by atoms with E-state index in [0.29, 0.717) is 5.92 Å². The summed E-state index contributed by atoms with van der Waals surface area (Å²) in [6, 6.07) is 10.3. The van der Waals surface area contributed by atoms with E-state index in [4.69, 9.17) is 5.73 Å². The van der Waals surface area contributed by atoms with Crippen LogP contribution in [0.25, 0.3) is 0 Å². The van der Waals surface area contributed by atoms with Crippen LogP contribution in [0.15, 0.2) is 42.7 Å². The highest BCUT2D eigenvalue weighted by molar-refractivity contribution is 5.96. The van der Waals surface area contributed by atoms with Gasteiger partial charge in [0.05, 0.1) is 0 Å². The van der Waals surface area contributed by atoms with Crippen molar-refractivity contribution in [2.45, 2.75) is 18.4 Å². The zero-order chi connectivity index (χ0) is 13.2. The lowest BCUT2D eigenvalue weighted by Crippen LogP contribution is -2.28. The van der Waals surface area contributed by atoms with E-state index in [2.05, 4.69) is 27.4 Å². The molecule has 1 saturated carbocycles. The molecule has 0 aliphatic heterocycles. The molecule has 1 fully saturated rings. The molecule has 0 spiro atoms. The summed E-state index contributed by atoms with van der Waals surface area (Å²) in [4.78, 5) is 19.8. The van der Waals surface area contributed by atoms with Crippen LogP contribution >= 0.6 is 0 Å². The first-order chi connectivity index (χ1) is 9.25. The molecular weight excluding hydrogens is 240 g/mol. The minimum absolute atomic E-state index is 0.163. The number of nitrogen functional groups attached to an aromatic ring is 1. The molecule has 0 bridgehead atoms. The van der Waals surface area contributed by atoms with E-state index in [-0.39, 0.29) is 23.5 Å². The van der Waals surface area contributed by atoms with Crippen molar-refractivity contribution in [3.05, 3.63) is 54.0 Å². The molecule has 1 aliphatic carbocycles. The van der Waals surface area contributed by atoms with E-state index in [1.165, 1.54) is 18.0 Å². The second-order valence-electron chi connectivity index (χ2n) is 4.62. The van der Waals surface area contributed by atoms with Gasteiger partial charge in [-0.15, -0.1) is 0 Å². The predicted molar refractivity (Wildman–Crippen MR) is 71.5 cm³/mol. The molecule has 1 heterocycles. The number of carbonyl (C=O) groups excluding carboxylic acids is 1. The summed E-state index contributed by atoms with van der Waals surface area (Å²) in [6.45, 7) is 0. The molecule has 0 unspecified atom stereocenters. The van der Waals surface area contributed by atoms with Crippen LogP contribution in [0.5, 0.6) is 0 Å². The van der Waals surface area contributed by atoms with Gasteiger partial charge in [0.1, 0.15) is 0 Å². The Balaban J connectivity index is 1.66. The van der Waals surface area contributed by atoms with Gasteiger partial charge in [0.15, 0.2) is 11.5 Å². The quantitative estimate of drug-likeness (QED) is 0.866. The third-order valence-electron chi connectivity index (χ3n) is 3.28. The van der Waals surface area contributed by atoms with Crippen molar-refractivity contribution in [1.29, 1.82) is 0 Å². The Hall–Kier alpha value is -2.43. The Kier molecular flexibility index (Phi) is 2.87. The molecule has 96 valence electrons. The van der Waals surface area contributed by atoms with E-state index < -0.39 is 0 Å². The highest BCUT2D eigenvalue weighted by atomic mass is 16.2. The van der Waals surface area contributed by atoms with Gasteiger partial charge in [0.2, 0.25) is 0 Å². The molecule has 3 rings (SSSR count). The third kappa shape index (κ3) is 2.40. The summed E-state index contributed by atoms with van der Waals surface area (Å²) < 4.78 is 0. The Bertz CT molecular complexity index is 599. The molecule has 2 atom stereocenters. The SMILES string of the molecule is Nc1nccnc1C(=O)N[C@H]1C[C@@H]1c1ccccc1. The van der Waals surface area contributed by atoms with E-state index >= 15 is 0 Å². The van der Waals surface area contributed by atoms with Crippen LogP contribution in [-0.4, -0.2) is 21.9 Å². The van der Waals surface area contributed by atoms with Crippen molar-refractivity contribution >= 4 is 11.7 Å². The molecule has 1 aromatic carbocycles. The number of benzene rings is 1. The van der Waals surface area contributed by atoms with Crippen molar-refractivity contribution in [2.24, 2.45) is 0 Å². The summed E-state index contributed by atoms with van der Waals surface area (Å²) >= 11 is 0. The van der Waals surface area contributed by atoms with Crippen LogP contribution in [0.3, 0.4) is 0 Å². The monoisotopic (exact) mass is 254 g/mol. The number of nitrogens with two attached hydrogens (primary N) is 1. The number of anilines is 1. The van der Waals surface area contributed by atoms with Gasteiger partial charge in [0.25, 0.3) is 5.91 Å². The van der Waals surface area contributed by atoms with Crippen LogP contribution in [0.2, 0.25) is 0 Å². The minimum atomic E-state index is -0.256. The van der Waals surface area contributed by atoms with Crippen molar-refractivity contribution < 1.29 is 4.79 Å². The smallest absolute Gasteiger partial charge is 0.273 e. The molecule has 5 heteroatoms. The number of nitrogens with one attached hydrogen (secondary N) is 1. The summed E-state index contributed by atoms with van der Waals surface area (Å²) in [5.41, 5.74) is 7.07. The van der Waals surface area contributed by atoms with Crippen molar-refractivity contribution in [1.82, 2.24) is 15.3 Å². The summed E-state index contributed by atoms with van der Waals surface area (Å²) in [7, 11) is 0. The van der Waals surface area contributed by atoms with Crippen molar-refractivity contribution in [3.63, 3.8) is 0 Å². The molecule has 3 N–H and O–H groups in total. The first-order valence-electron chi connectivity index (χ1n) is 6.18. The first-order valence-corrected chi connectivity index (χ1v) is 6.18. The number of carbonyl (C=O) groups is 1. The Morgan fingerprint density at radius 2 is 1.95 bits per heavy atom. The first kappa shape index (κ1) is 11.6. The number of hydrogen-bond donors (Lipinski definition) is 2. The molecule has 1 aromatic heterocycles. The number of hydrogen-bond acceptors (Lipinski definition) is 4. The van der Waals surface area contributed by atoms with Gasteiger partial charge >= 0.3 is 0 Å². The number of nitrogens with zero attached hydrogens (tertiary/aromatic N) is 2. The van der Waals surface area contributed by atoms with E-state index in [0.717, 1.165) is 6.42 Å². The molecule has 2 aromatic rings. The van der Waals surface area contributed by atoms with Crippen LogP contribution in [0, 0.1) is 0 Å². The Morgan fingerprint density at radius 1 is 1.21 bits per heavy atom.